The fraction of sp³-hybridized carbons (Fsp3) is 0.0455. The SMILES string of the molecule is O=C(Cn1c2ccccc2n2nc(-c3ccccc3)nc12)c1ccccc1. The van der Waals surface area contributed by atoms with Gasteiger partial charge in [-0.2, -0.15) is 9.50 Å². The van der Waals surface area contributed by atoms with Gasteiger partial charge in [-0.15, -0.1) is 5.10 Å². The molecule has 27 heavy (non-hydrogen) atoms. The molecule has 130 valence electrons. The minimum Gasteiger partial charge on any atom is -0.300 e. The number of aromatic nitrogens is 4. The molecule has 5 heteroatoms. The van der Waals surface area contributed by atoms with Gasteiger partial charge in [0.05, 0.1) is 17.6 Å². The van der Waals surface area contributed by atoms with Gasteiger partial charge < -0.3 is 4.57 Å². The number of nitrogens with zero attached hydrogens (tertiary/aromatic N) is 4. The molecule has 3 aromatic carbocycles. The molecular formula is C22H16N4O. The van der Waals surface area contributed by atoms with Crippen molar-refractivity contribution in [3.05, 3.63) is 90.5 Å². The van der Waals surface area contributed by atoms with Crippen molar-refractivity contribution in [2.45, 2.75) is 6.54 Å². The first-order valence-electron chi connectivity index (χ1n) is 8.79. The van der Waals surface area contributed by atoms with Crippen LogP contribution in [0.3, 0.4) is 0 Å². The molecular weight excluding hydrogens is 336 g/mol. The summed E-state index contributed by atoms with van der Waals surface area (Å²) in [6.45, 7) is 0.216. The molecule has 2 heterocycles. The number of hydrogen-bond donors (Lipinski definition) is 0. The molecule has 0 fully saturated rings. The number of para-hydroxylation sites is 2. The third-order valence-electron chi connectivity index (χ3n) is 4.66. The second-order valence-corrected chi connectivity index (χ2v) is 6.38. The predicted molar refractivity (Wildman–Crippen MR) is 105 cm³/mol. The average Bonchev–Trinajstić information content (AvgIpc) is 3.28. The van der Waals surface area contributed by atoms with E-state index in [2.05, 4.69) is 5.10 Å². The predicted octanol–water partition coefficient (Wildman–Crippen LogP) is 4.23. The number of carbonyl (C=O) groups excluding carboxylic acids is 1. The Morgan fingerprint density at radius 1 is 0.778 bits per heavy atom. The van der Waals surface area contributed by atoms with Gasteiger partial charge in [0, 0.05) is 11.1 Å². The van der Waals surface area contributed by atoms with E-state index in [4.69, 9.17) is 4.98 Å². The normalized spacial score (nSPS) is 11.3. The number of ketones is 1. The first-order valence-corrected chi connectivity index (χ1v) is 8.79. The summed E-state index contributed by atoms with van der Waals surface area (Å²) in [4.78, 5) is 17.5. The van der Waals surface area contributed by atoms with Crippen LogP contribution in [0, 0.1) is 0 Å². The number of rotatable bonds is 4. The second kappa shape index (κ2) is 6.21. The fourth-order valence-electron chi connectivity index (χ4n) is 3.34. The molecule has 5 rings (SSSR count). The summed E-state index contributed by atoms with van der Waals surface area (Å²) in [6.07, 6.45) is 0. The van der Waals surface area contributed by atoms with E-state index in [0.29, 0.717) is 17.2 Å². The van der Waals surface area contributed by atoms with Gasteiger partial charge in [-0.3, -0.25) is 4.79 Å². The van der Waals surface area contributed by atoms with Crippen molar-refractivity contribution < 1.29 is 4.79 Å². The van der Waals surface area contributed by atoms with Gasteiger partial charge in [-0.05, 0) is 12.1 Å². The van der Waals surface area contributed by atoms with Gasteiger partial charge in [0.15, 0.2) is 11.6 Å². The Kier molecular flexibility index (Phi) is 3.57. The zero-order chi connectivity index (χ0) is 18.2. The Labute approximate surface area is 155 Å². The summed E-state index contributed by atoms with van der Waals surface area (Å²) in [7, 11) is 0. The van der Waals surface area contributed by atoms with Crippen LogP contribution >= 0.6 is 0 Å². The van der Waals surface area contributed by atoms with E-state index in [9.17, 15) is 4.79 Å². The highest BCUT2D eigenvalue weighted by molar-refractivity contribution is 5.97. The van der Waals surface area contributed by atoms with Gasteiger partial charge in [0.2, 0.25) is 5.78 Å². The molecule has 2 aromatic heterocycles. The number of fused-ring (bicyclic) bond motifs is 3. The van der Waals surface area contributed by atoms with Gasteiger partial charge in [-0.1, -0.05) is 72.8 Å². The van der Waals surface area contributed by atoms with Crippen LogP contribution in [0.4, 0.5) is 0 Å². The molecule has 0 atom stereocenters. The van der Waals surface area contributed by atoms with Crippen molar-refractivity contribution in [1.29, 1.82) is 0 Å². The zero-order valence-electron chi connectivity index (χ0n) is 14.5. The molecule has 0 saturated heterocycles. The maximum Gasteiger partial charge on any atom is 0.234 e. The standard InChI is InChI=1S/C22H16N4O/c27-20(16-9-3-1-4-10-16)15-25-18-13-7-8-14-19(18)26-22(25)23-21(24-26)17-11-5-2-6-12-17/h1-14H,15H2. The minimum absolute atomic E-state index is 0.0446. The Bertz CT molecular complexity index is 1250. The molecule has 0 N–H and O–H groups in total. The van der Waals surface area contributed by atoms with Gasteiger partial charge >= 0.3 is 0 Å². The monoisotopic (exact) mass is 352 g/mol. The lowest BCUT2D eigenvalue weighted by Crippen LogP contribution is -2.10. The number of hydrogen-bond acceptors (Lipinski definition) is 3. The summed E-state index contributed by atoms with van der Waals surface area (Å²) in [5.74, 6) is 1.36. The third kappa shape index (κ3) is 2.60. The van der Waals surface area contributed by atoms with Gasteiger partial charge in [0.25, 0.3) is 0 Å². The summed E-state index contributed by atoms with van der Waals surface area (Å²) in [5, 5.41) is 4.69. The van der Waals surface area contributed by atoms with Crippen LogP contribution in [0.2, 0.25) is 0 Å². The van der Waals surface area contributed by atoms with Crippen LogP contribution in [0.25, 0.3) is 28.2 Å². The van der Waals surface area contributed by atoms with Gasteiger partial charge in [-0.25, -0.2) is 0 Å². The van der Waals surface area contributed by atoms with Crippen LogP contribution < -0.4 is 0 Å². The maximum atomic E-state index is 12.8. The van der Waals surface area contributed by atoms with Gasteiger partial charge in [0.1, 0.15) is 0 Å². The van der Waals surface area contributed by atoms with E-state index in [1.54, 1.807) is 0 Å². The average molecular weight is 352 g/mol. The number of imidazole rings is 1. The van der Waals surface area contributed by atoms with E-state index in [1.807, 2.05) is 94.0 Å². The third-order valence-corrected chi connectivity index (χ3v) is 4.66. The molecule has 5 nitrogen and oxygen atoms in total. The first-order chi connectivity index (χ1) is 13.3. The Hall–Kier alpha value is -3.73. The Morgan fingerprint density at radius 2 is 1.41 bits per heavy atom. The van der Waals surface area contributed by atoms with E-state index >= 15 is 0 Å². The molecule has 0 amide bonds. The first kappa shape index (κ1) is 15.5. The van der Waals surface area contributed by atoms with E-state index in [1.165, 1.54) is 0 Å². The summed E-state index contributed by atoms with van der Waals surface area (Å²) in [6, 6.07) is 27.1. The lowest BCUT2D eigenvalue weighted by Gasteiger charge is -2.04. The van der Waals surface area contributed by atoms with Crippen LogP contribution in [0.1, 0.15) is 10.4 Å². The lowest BCUT2D eigenvalue weighted by atomic mass is 10.1. The molecule has 0 aliphatic rings. The molecule has 0 unspecified atom stereocenters. The molecule has 0 bridgehead atoms. The maximum absolute atomic E-state index is 12.8. The Balaban J connectivity index is 1.67. The number of carbonyl (C=O) groups is 1. The van der Waals surface area contributed by atoms with Crippen molar-refractivity contribution in [3.63, 3.8) is 0 Å². The van der Waals surface area contributed by atoms with E-state index < -0.39 is 0 Å². The summed E-state index contributed by atoms with van der Waals surface area (Å²) >= 11 is 0. The smallest absolute Gasteiger partial charge is 0.234 e. The minimum atomic E-state index is 0.0446. The highest BCUT2D eigenvalue weighted by Crippen LogP contribution is 2.23. The number of Topliss-reactive ketones (excluding diaryl/α,β-unsaturated/α-hetero) is 1. The summed E-state index contributed by atoms with van der Waals surface area (Å²) in [5.41, 5.74) is 3.52. The quantitative estimate of drug-likeness (QED) is 0.455. The Morgan fingerprint density at radius 3 is 2.15 bits per heavy atom. The molecule has 0 aliphatic carbocycles. The highest BCUT2D eigenvalue weighted by atomic mass is 16.1. The summed E-state index contributed by atoms with van der Waals surface area (Å²) < 4.78 is 3.75. The molecule has 0 radical (unpaired) electrons. The fourth-order valence-corrected chi connectivity index (χ4v) is 3.34. The van der Waals surface area contributed by atoms with Crippen molar-refractivity contribution in [3.8, 4) is 11.4 Å². The van der Waals surface area contributed by atoms with Crippen molar-refractivity contribution in [2.24, 2.45) is 0 Å². The zero-order valence-corrected chi connectivity index (χ0v) is 14.5. The molecule has 0 aliphatic heterocycles. The molecule has 5 aromatic rings. The van der Waals surface area contributed by atoms with E-state index in [0.717, 1.165) is 16.6 Å². The second-order valence-electron chi connectivity index (χ2n) is 6.38. The van der Waals surface area contributed by atoms with Crippen LogP contribution in [0.5, 0.6) is 0 Å². The van der Waals surface area contributed by atoms with Crippen molar-refractivity contribution >= 4 is 22.6 Å². The van der Waals surface area contributed by atoms with Crippen molar-refractivity contribution in [1.82, 2.24) is 19.2 Å². The lowest BCUT2D eigenvalue weighted by molar-refractivity contribution is 0.0974. The van der Waals surface area contributed by atoms with Crippen LogP contribution in [0.15, 0.2) is 84.9 Å². The van der Waals surface area contributed by atoms with Crippen molar-refractivity contribution in [2.75, 3.05) is 0 Å². The highest BCUT2D eigenvalue weighted by Gasteiger charge is 2.18. The molecule has 0 saturated carbocycles. The van der Waals surface area contributed by atoms with E-state index in [-0.39, 0.29) is 12.3 Å². The van der Waals surface area contributed by atoms with Crippen LogP contribution in [-0.2, 0) is 6.54 Å². The molecule has 0 spiro atoms. The van der Waals surface area contributed by atoms with Crippen LogP contribution in [-0.4, -0.2) is 24.9 Å². The number of benzene rings is 3. The topological polar surface area (TPSA) is 52.2 Å². The largest absolute Gasteiger partial charge is 0.300 e.